The van der Waals surface area contributed by atoms with Gasteiger partial charge in [0.05, 0.1) is 6.54 Å². The Morgan fingerprint density at radius 2 is 1.83 bits per heavy atom. The molecule has 0 unspecified atom stereocenters. The summed E-state index contributed by atoms with van der Waals surface area (Å²) >= 11 is 0. The van der Waals surface area contributed by atoms with Crippen LogP contribution in [0.5, 0.6) is 0 Å². The molecule has 0 aromatic heterocycles. The average Bonchev–Trinajstić information content (AvgIpc) is 2.55. The molecule has 5 heteroatoms. The van der Waals surface area contributed by atoms with Gasteiger partial charge in [-0.3, -0.25) is 9.89 Å². The Hall–Kier alpha value is -0.820. The summed E-state index contributed by atoms with van der Waals surface area (Å²) in [4.78, 5) is 7.08. The fourth-order valence-electron chi connectivity index (χ4n) is 2.91. The van der Waals surface area contributed by atoms with Gasteiger partial charge >= 0.3 is 0 Å². The van der Waals surface area contributed by atoms with E-state index in [0.29, 0.717) is 5.96 Å². The lowest BCUT2D eigenvalue weighted by Crippen LogP contribution is -2.49. The van der Waals surface area contributed by atoms with E-state index in [4.69, 9.17) is 5.73 Å². The molecule has 0 atom stereocenters. The highest BCUT2D eigenvalue weighted by Gasteiger charge is 2.27. The zero-order chi connectivity index (χ0) is 15.8. The quantitative estimate of drug-likeness (QED) is 0.415. The minimum absolute atomic E-state index is 0. The number of hydrogen-bond acceptors (Lipinski definition) is 2. The van der Waals surface area contributed by atoms with Crippen LogP contribution in [-0.2, 0) is 6.42 Å². The molecule has 1 aliphatic heterocycles. The Kier molecular flexibility index (Phi) is 8.91. The number of halogens is 1. The zero-order valence-electron chi connectivity index (χ0n) is 14.4. The van der Waals surface area contributed by atoms with Gasteiger partial charge in [-0.2, -0.15) is 0 Å². The standard InChI is InChI=1S/C18H30N4.HI/c1-18(2,22-13-7-4-8-14-22)15-21-17(19)20-12-11-16-9-5-3-6-10-16;/h3,5-6,9-10H,4,7-8,11-15H2,1-2H3,(H3,19,20,21);1H. The van der Waals surface area contributed by atoms with E-state index in [0.717, 1.165) is 19.5 Å². The Morgan fingerprint density at radius 1 is 1.17 bits per heavy atom. The van der Waals surface area contributed by atoms with E-state index in [-0.39, 0.29) is 29.5 Å². The third-order valence-corrected chi connectivity index (χ3v) is 4.41. The molecule has 23 heavy (non-hydrogen) atoms. The van der Waals surface area contributed by atoms with Gasteiger partial charge in [0, 0.05) is 12.1 Å². The summed E-state index contributed by atoms with van der Waals surface area (Å²) in [6, 6.07) is 10.4. The van der Waals surface area contributed by atoms with Gasteiger partial charge in [-0.25, -0.2) is 0 Å². The minimum Gasteiger partial charge on any atom is -0.370 e. The average molecular weight is 430 g/mol. The molecule has 0 spiro atoms. The van der Waals surface area contributed by atoms with Gasteiger partial charge in [0.25, 0.3) is 0 Å². The summed E-state index contributed by atoms with van der Waals surface area (Å²) in [5.74, 6) is 0.556. The third-order valence-electron chi connectivity index (χ3n) is 4.41. The summed E-state index contributed by atoms with van der Waals surface area (Å²) in [5, 5.41) is 3.22. The van der Waals surface area contributed by atoms with E-state index in [9.17, 15) is 0 Å². The summed E-state index contributed by atoms with van der Waals surface area (Å²) in [6.45, 7) is 8.46. The number of nitrogens with one attached hydrogen (secondary N) is 1. The van der Waals surface area contributed by atoms with Crippen LogP contribution in [-0.4, -0.2) is 42.6 Å². The molecular weight excluding hydrogens is 399 g/mol. The second-order valence-electron chi connectivity index (χ2n) is 6.72. The van der Waals surface area contributed by atoms with Gasteiger partial charge < -0.3 is 11.1 Å². The third kappa shape index (κ3) is 7.08. The van der Waals surface area contributed by atoms with Crippen LogP contribution in [0.15, 0.2) is 35.3 Å². The predicted molar refractivity (Wildman–Crippen MR) is 110 cm³/mol. The molecule has 0 bridgehead atoms. The first-order valence-electron chi connectivity index (χ1n) is 8.41. The minimum atomic E-state index is 0. The Morgan fingerprint density at radius 3 is 2.48 bits per heavy atom. The molecule has 1 aliphatic rings. The molecule has 0 radical (unpaired) electrons. The van der Waals surface area contributed by atoms with Crippen molar-refractivity contribution in [2.75, 3.05) is 26.2 Å². The first-order valence-corrected chi connectivity index (χ1v) is 8.41. The predicted octanol–water partition coefficient (Wildman–Crippen LogP) is 3.02. The molecule has 2 rings (SSSR count). The number of likely N-dealkylation sites (tertiary alicyclic amines) is 1. The van der Waals surface area contributed by atoms with E-state index in [1.165, 1.54) is 37.9 Å². The second kappa shape index (κ2) is 10.1. The van der Waals surface area contributed by atoms with Crippen molar-refractivity contribution in [2.45, 2.75) is 45.1 Å². The van der Waals surface area contributed by atoms with Crippen LogP contribution in [0.4, 0.5) is 0 Å². The van der Waals surface area contributed by atoms with Crippen LogP contribution in [0, 0.1) is 0 Å². The molecular formula is C18H31IN4. The highest BCUT2D eigenvalue weighted by Crippen LogP contribution is 2.20. The maximum absolute atomic E-state index is 5.99. The van der Waals surface area contributed by atoms with Crippen molar-refractivity contribution >= 4 is 29.9 Å². The number of piperidine rings is 1. The Labute approximate surface area is 157 Å². The number of nitrogens with two attached hydrogens (primary N) is 1. The molecule has 1 saturated heterocycles. The van der Waals surface area contributed by atoms with E-state index in [2.05, 4.69) is 53.3 Å². The number of rotatable bonds is 6. The van der Waals surface area contributed by atoms with E-state index >= 15 is 0 Å². The number of hydrogen-bond donors (Lipinski definition) is 2. The molecule has 0 aliphatic carbocycles. The van der Waals surface area contributed by atoms with Crippen molar-refractivity contribution in [1.82, 2.24) is 10.2 Å². The van der Waals surface area contributed by atoms with Gasteiger partial charge in [-0.1, -0.05) is 36.8 Å². The first kappa shape index (κ1) is 20.2. The van der Waals surface area contributed by atoms with Crippen molar-refractivity contribution in [3.05, 3.63) is 35.9 Å². The van der Waals surface area contributed by atoms with Crippen molar-refractivity contribution < 1.29 is 0 Å². The summed E-state index contributed by atoms with van der Waals surface area (Å²) in [6.07, 6.45) is 4.93. The highest BCUT2D eigenvalue weighted by molar-refractivity contribution is 14.0. The topological polar surface area (TPSA) is 53.6 Å². The second-order valence-corrected chi connectivity index (χ2v) is 6.72. The van der Waals surface area contributed by atoms with Crippen molar-refractivity contribution in [3.8, 4) is 0 Å². The molecule has 0 amide bonds. The number of aliphatic imine (C=N–C) groups is 1. The van der Waals surface area contributed by atoms with Gasteiger partial charge in [-0.05, 0) is 51.8 Å². The summed E-state index contributed by atoms with van der Waals surface area (Å²) in [5.41, 5.74) is 7.40. The smallest absolute Gasteiger partial charge is 0.188 e. The van der Waals surface area contributed by atoms with E-state index in [1.807, 2.05) is 6.07 Å². The van der Waals surface area contributed by atoms with Crippen molar-refractivity contribution in [3.63, 3.8) is 0 Å². The SMILES string of the molecule is CC(C)(CN=C(N)NCCc1ccccc1)N1CCCCC1.I. The fourth-order valence-corrected chi connectivity index (χ4v) is 2.91. The molecule has 1 aromatic carbocycles. The lowest BCUT2D eigenvalue weighted by Gasteiger charge is -2.40. The summed E-state index contributed by atoms with van der Waals surface area (Å²) < 4.78 is 0. The van der Waals surface area contributed by atoms with E-state index < -0.39 is 0 Å². The van der Waals surface area contributed by atoms with Crippen LogP contribution in [0.3, 0.4) is 0 Å². The lowest BCUT2D eigenvalue weighted by molar-refractivity contribution is 0.102. The molecule has 1 fully saturated rings. The highest BCUT2D eigenvalue weighted by atomic mass is 127. The van der Waals surface area contributed by atoms with Gasteiger partial charge in [0.2, 0.25) is 0 Å². The molecule has 3 N–H and O–H groups in total. The zero-order valence-corrected chi connectivity index (χ0v) is 16.8. The van der Waals surface area contributed by atoms with Crippen molar-refractivity contribution in [2.24, 2.45) is 10.7 Å². The van der Waals surface area contributed by atoms with Crippen LogP contribution in [0.1, 0.15) is 38.7 Å². The lowest BCUT2D eigenvalue weighted by atomic mass is 9.99. The molecule has 0 saturated carbocycles. The van der Waals surface area contributed by atoms with Gasteiger partial charge in [0.1, 0.15) is 0 Å². The largest absolute Gasteiger partial charge is 0.370 e. The number of guanidine groups is 1. The van der Waals surface area contributed by atoms with E-state index in [1.54, 1.807) is 0 Å². The van der Waals surface area contributed by atoms with Gasteiger partial charge in [0.15, 0.2) is 5.96 Å². The van der Waals surface area contributed by atoms with Crippen LogP contribution in [0.25, 0.3) is 0 Å². The molecule has 4 nitrogen and oxygen atoms in total. The molecule has 130 valence electrons. The van der Waals surface area contributed by atoms with Crippen molar-refractivity contribution in [1.29, 1.82) is 0 Å². The Balaban J connectivity index is 0.00000264. The molecule has 1 heterocycles. The Bertz CT molecular complexity index is 467. The summed E-state index contributed by atoms with van der Waals surface area (Å²) in [7, 11) is 0. The van der Waals surface area contributed by atoms with Crippen LogP contribution < -0.4 is 11.1 Å². The molecule has 1 aromatic rings. The van der Waals surface area contributed by atoms with Gasteiger partial charge in [-0.15, -0.1) is 24.0 Å². The normalized spacial score (nSPS) is 16.7. The number of benzene rings is 1. The number of nitrogens with zero attached hydrogens (tertiary/aromatic N) is 2. The maximum atomic E-state index is 5.99. The fraction of sp³-hybridized carbons (Fsp3) is 0.611. The maximum Gasteiger partial charge on any atom is 0.188 e. The monoisotopic (exact) mass is 430 g/mol. The van der Waals surface area contributed by atoms with Crippen LogP contribution in [0.2, 0.25) is 0 Å². The van der Waals surface area contributed by atoms with Crippen LogP contribution >= 0.6 is 24.0 Å². The first-order chi connectivity index (χ1) is 10.6.